The van der Waals surface area contributed by atoms with Crippen molar-refractivity contribution in [3.63, 3.8) is 0 Å². The monoisotopic (exact) mass is 205 g/mol. The van der Waals surface area contributed by atoms with Crippen molar-refractivity contribution in [1.29, 1.82) is 0 Å². The van der Waals surface area contributed by atoms with E-state index in [-0.39, 0.29) is 0 Å². The van der Waals surface area contributed by atoms with Crippen LogP contribution in [0.4, 0.5) is 0 Å². The van der Waals surface area contributed by atoms with Crippen LogP contribution in [0.5, 0.6) is 0 Å². The number of hydrogen-bond donors (Lipinski definition) is 2. The van der Waals surface area contributed by atoms with Crippen LogP contribution >= 0.6 is 0 Å². The molecule has 82 valence electrons. The minimum absolute atomic E-state index is 0.611. The van der Waals surface area contributed by atoms with E-state index < -0.39 is 5.60 Å². The predicted octanol–water partition coefficient (Wildman–Crippen LogP) is 1.65. The van der Waals surface area contributed by atoms with E-state index in [1.54, 1.807) is 0 Å². The Morgan fingerprint density at radius 3 is 2.93 bits per heavy atom. The lowest BCUT2D eigenvalue weighted by Gasteiger charge is -2.24. The zero-order chi connectivity index (χ0) is 10.9. The van der Waals surface area contributed by atoms with Gasteiger partial charge in [0, 0.05) is 13.0 Å². The fourth-order valence-corrected chi connectivity index (χ4v) is 2.24. The van der Waals surface area contributed by atoms with Gasteiger partial charge in [-0.25, -0.2) is 0 Å². The highest BCUT2D eigenvalue weighted by atomic mass is 16.3. The molecular formula is C13H19NO. The minimum Gasteiger partial charge on any atom is -0.390 e. The quantitative estimate of drug-likeness (QED) is 0.769. The molecule has 0 bridgehead atoms. The van der Waals surface area contributed by atoms with Gasteiger partial charge in [-0.1, -0.05) is 18.2 Å². The lowest BCUT2D eigenvalue weighted by atomic mass is 9.89. The van der Waals surface area contributed by atoms with Crippen LogP contribution in [-0.4, -0.2) is 17.3 Å². The Morgan fingerprint density at radius 1 is 1.40 bits per heavy atom. The molecule has 1 heterocycles. The molecule has 0 amide bonds. The van der Waals surface area contributed by atoms with Gasteiger partial charge in [-0.3, -0.25) is 0 Å². The van der Waals surface area contributed by atoms with Gasteiger partial charge in [-0.05, 0) is 43.5 Å². The topological polar surface area (TPSA) is 32.3 Å². The molecular weight excluding hydrogens is 186 g/mol. The molecule has 0 atom stereocenters. The third kappa shape index (κ3) is 2.58. The minimum atomic E-state index is -0.611. The van der Waals surface area contributed by atoms with Gasteiger partial charge in [0.1, 0.15) is 0 Å². The van der Waals surface area contributed by atoms with Crippen molar-refractivity contribution in [2.45, 2.75) is 38.8 Å². The second kappa shape index (κ2) is 3.95. The zero-order valence-corrected chi connectivity index (χ0v) is 9.51. The Labute approximate surface area is 91.3 Å². The first kappa shape index (κ1) is 10.7. The van der Waals surface area contributed by atoms with E-state index in [1.165, 1.54) is 16.7 Å². The summed E-state index contributed by atoms with van der Waals surface area (Å²) in [6.45, 7) is 5.76. The summed E-state index contributed by atoms with van der Waals surface area (Å²) in [7, 11) is 0. The van der Waals surface area contributed by atoms with E-state index in [0.29, 0.717) is 0 Å². The molecule has 2 heteroatoms. The summed E-state index contributed by atoms with van der Waals surface area (Å²) in [6, 6.07) is 6.41. The van der Waals surface area contributed by atoms with Crippen LogP contribution in [0.3, 0.4) is 0 Å². The van der Waals surface area contributed by atoms with Crippen LogP contribution in [0.2, 0.25) is 0 Å². The van der Waals surface area contributed by atoms with Crippen molar-refractivity contribution < 1.29 is 5.11 Å². The first-order chi connectivity index (χ1) is 7.06. The Balaban J connectivity index is 2.31. The number of fused-ring (bicyclic) bond motifs is 1. The molecule has 0 aromatic heterocycles. The van der Waals surface area contributed by atoms with Crippen molar-refractivity contribution in [3.05, 3.63) is 34.9 Å². The van der Waals surface area contributed by atoms with Gasteiger partial charge < -0.3 is 10.4 Å². The van der Waals surface area contributed by atoms with E-state index in [1.807, 2.05) is 13.8 Å². The lowest BCUT2D eigenvalue weighted by molar-refractivity contribution is 0.0807. The van der Waals surface area contributed by atoms with Gasteiger partial charge >= 0.3 is 0 Å². The van der Waals surface area contributed by atoms with Gasteiger partial charge in [-0.2, -0.15) is 0 Å². The first-order valence-corrected chi connectivity index (χ1v) is 5.59. The van der Waals surface area contributed by atoms with E-state index in [2.05, 4.69) is 23.5 Å². The predicted molar refractivity (Wildman–Crippen MR) is 61.9 cm³/mol. The molecule has 1 aliphatic rings. The van der Waals surface area contributed by atoms with Gasteiger partial charge in [-0.15, -0.1) is 0 Å². The second-order valence-corrected chi connectivity index (χ2v) is 4.97. The molecule has 15 heavy (non-hydrogen) atoms. The van der Waals surface area contributed by atoms with Gasteiger partial charge in [0.25, 0.3) is 0 Å². The molecule has 0 fully saturated rings. The number of rotatable bonds is 2. The summed E-state index contributed by atoms with van der Waals surface area (Å²) in [5, 5.41) is 13.2. The van der Waals surface area contributed by atoms with Crippen LogP contribution in [0.25, 0.3) is 0 Å². The van der Waals surface area contributed by atoms with E-state index in [9.17, 15) is 5.11 Å². The first-order valence-electron chi connectivity index (χ1n) is 5.59. The highest BCUT2D eigenvalue weighted by Gasteiger charge is 2.18. The maximum Gasteiger partial charge on any atom is 0.0632 e. The van der Waals surface area contributed by atoms with Gasteiger partial charge in [0.05, 0.1) is 5.60 Å². The Bertz CT molecular complexity index is 352. The van der Waals surface area contributed by atoms with Crippen molar-refractivity contribution in [2.24, 2.45) is 0 Å². The Kier molecular flexibility index (Phi) is 2.81. The van der Waals surface area contributed by atoms with Gasteiger partial charge in [0.15, 0.2) is 0 Å². The highest BCUT2D eigenvalue weighted by Crippen LogP contribution is 2.22. The maximum absolute atomic E-state index is 9.86. The van der Waals surface area contributed by atoms with Crippen LogP contribution in [0.15, 0.2) is 18.2 Å². The molecule has 0 spiro atoms. The number of aliphatic hydroxyl groups is 1. The highest BCUT2D eigenvalue weighted by molar-refractivity contribution is 5.37. The molecule has 1 aromatic carbocycles. The summed E-state index contributed by atoms with van der Waals surface area (Å²) < 4.78 is 0. The molecule has 2 N–H and O–H groups in total. The summed E-state index contributed by atoms with van der Waals surface area (Å²) in [5.74, 6) is 0. The van der Waals surface area contributed by atoms with Gasteiger partial charge in [0.2, 0.25) is 0 Å². The zero-order valence-electron chi connectivity index (χ0n) is 9.51. The Morgan fingerprint density at radius 2 is 2.20 bits per heavy atom. The SMILES string of the molecule is CC(C)(O)Cc1cccc2c1CCNC2. The normalized spacial score (nSPS) is 16.2. The van der Waals surface area contributed by atoms with Crippen molar-refractivity contribution in [2.75, 3.05) is 6.54 Å². The smallest absolute Gasteiger partial charge is 0.0632 e. The van der Waals surface area contributed by atoms with Crippen LogP contribution in [-0.2, 0) is 19.4 Å². The van der Waals surface area contributed by atoms with Crippen molar-refractivity contribution >= 4 is 0 Å². The van der Waals surface area contributed by atoms with Crippen LogP contribution in [0.1, 0.15) is 30.5 Å². The molecule has 1 aliphatic heterocycles. The number of hydrogen-bond acceptors (Lipinski definition) is 2. The average Bonchev–Trinajstić information content (AvgIpc) is 2.16. The summed E-state index contributed by atoms with van der Waals surface area (Å²) in [5.41, 5.74) is 3.53. The summed E-state index contributed by atoms with van der Waals surface area (Å²) >= 11 is 0. The second-order valence-electron chi connectivity index (χ2n) is 4.97. The van der Waals surface area contributed by atoms with Crippen LogP contribution in [0, 0.1) is 0 Å². The Hall–Kier alpha value is -0.860. The standard InChI is InChI=1S/C13H19NO/c1-13(2,15)8-10-4-3-5-11-9-14-7-6-12(10)11/h3-5,14-15H,6-9H2,1-2H3. The molecule has 0 aliphatic carbocycles. The maximum atomic E-state index is 9.86. The molecule has 0 saturated heterocycles. The van der Waals surface area contributed by atoms with Crippen molar-refractivity contribution in [3.8, 4) is 0 Å². The molecule has 0 unspecified atom stereocenters. The molecule has 1 aromatic rings. The average molecular weight is 205 g/mol. The number of nitrogens with one attached hydrogen (secondary N) is 1. The molecule has 2 rings (SSSR count). The van der Waals surface area contributed by atoms with E-state index in [4.69, 9.17) is 0 Å². The summed E-state index contributed by atoms with van der Waals surface area (Å²) in [6.07, 6.45) is 1.83. The third-order valence-corrected chi connectivity index (χ3v) is 2.86. The van der Waals surface area contributed by atoms with E-state index in [0.717, 1.165) is 25.9 Å². The largest absolute Gasteiger partial charge is 0.390 e. The fraction of sp³-hybridized carbons (Fsp3) is 0.538. The molecule has 2 nitrogen and oxygen atoms in total. The van der Waals surface area contributed by atoms with Crippen molar-refractivity contribution in [1.82, 2.24) is 5.32 Å². The molecule has 0 radical (unpaired) electrons. The van der Waals surface area contributed by atoms with E-state index >= 15 is 0 Å². The third-order valence-electron chi connectivity index (χ3n) is 2.86. The summed E-state index contributed by atoms with van der Waals surface area (Å²) in [4.78, 5) is 0. The molecule has 0 saturated carbocycles. The lowest BCUT2D eigenvalue weighted by Crippen LogP contribution is -2.27. The number of benzene rings is 1. The fourth-order valence-electron chi connectivity index (χ4n) is 2.24. The van der Waals surface area contributed by atoms with Crippen LogP contribution < -0.4 is 5.32 Å².